The van der Waals surface area contributed by atoms with E-state index >= 15 is 4.39 Å². The molecule has 1 fully saturated rings. The van der Waals surface area contributed by atoms with E-state index < -0.39 is 34.9 Å². The summed E-state index contributed by atoms with van der Waals surface area (Å²) in [6.07, 6.45) is 0.453. The molecule has 0 heterocycles. The summed E-state index contributed by atoms with van der Waals surface area (Å²) in [7, 11) is 0. The van der Waals surface area contributed by atoms with Crippen LogP contribution in [0.2, 0.25) is 0 Å². The third kappa shape index (κ3) is 5.67. The third-order valence-corrected chi connectivity index (χ3v) is 7.03. The maximum Gasteiger partial charge on any atom is 0.256 e. The van der Waals surface area contributed by atoms with Crippen molar-refractivity contribution in [2.24, 2.45) is 5.92 Å². The Kier molecular flexibility index (Phi) is 8.18. The smallest absolute Gasteiger partial charge is 0.256 e. The molecule has 0 radical (unpaired) electrons. The molecule has 1 aliphatic rings. The number of benzene rings is 3. The zero-order chi connectivity index (χ0) is 25.7. The van der Waals surface area contributed by atoms with Crippen molar-refractivity contribution in [3.8, 4) is 0 Å². The summed E-state index contributed by atoms with van der Waals surface area (Å²) < 4.78 is 48.0. The highest BCUT2D eigenvalue weighted by molar-refractivity contribution is 7.80. The Bertz CT molecular complexity index is 1240. The molecule has 0 aliphatic heterocycles. The molecule has 3 atom stereocenters. The first-order chi connectivity index (χ1) is 17.3. The van der Waals surface area contributed by atoms with Gasteiger partial charge in [0.2, 0.25) is 0 Å². The SMILES string of the molecule is O=C(NC(=S)C[C@@]1(c2ccccc2F)C[C@H](OCc2ccc(F)c(F)c2)C[C@H]1CO)c1ccccc1. The minimum Gasteiger partial charge on any atom is -0.396 e. The number of nitrogens with one attached hydrogen (secondary N) is 1. The van der Waals surface area contributed by atoms with Crippen LogP contribution in [0, 0.1) is 23.4 Å². The molecule has 0 bridgehead atoms. The standard InChI is InChI=1S/C28H26F3NO3S/c29-23-9-5-4-8-22(23)28(15-26(36)32-27(34)19-6-2-1-3-7-19)14-21(13-20(28)16-33)35-17-18-10-11-24(30)25(31)12-18/h1-12,20-21,33H,13-17H2,(H,32,34,36)/t20-,21+,28-/m0/s1. The Morgan fingerprint density at radius 1 is 1.00 bits per heavy atom. The molecule has 4 rings (SSSR count). The van der Waals surface area contributed by atoms with Crippen LogP contribution in [-0.2, 0) is 16.8 Å². The highest BCUT2D eigenvalue weighted by Gasteiger charge is 2.50. The van der Waals surface area contributed by atoms with Crippen molar-refractivity contribution in [2.75, 3.05) is 6.61 Å². The van der Waals surface area contributed by atoms with E-state index in [9.17, 15) is 18.7 Å². The summed E-state index contributed by atoms with van der Waals surface area (Å²) in [4.78, 5) is 12.9. The second kappa shape index (κ2) is 11.3. The lowest BCUT2D eigenvalue weighted by molar-refractivity contribution is 0.0390. The van der Waals surface area contributed by atoms with Gasteiger partial charge in [-0.3, -0.25) is 4.79 Å². The van der Waals surface area contributed by atoms with E-state index in [0.29, 0.717) is 29.5 Å². The molecule has 0 spiro atoms. The summed E-state index contributed by atoms with van der Waals surface area (Å²) in [5.41, 5.74) is 0.361. The van der Waals surface area contributed by atoms with E-state index in [1.165, 1.54) is 12.1 Å². The maximum absolute atomic E-state index is 15.1. The molecule has 3 aromatic carbocycles. The van der Waals surface area contributed by atoms with Gasteiger partial charge < -0.3 is 15.2 Å². The molecular formula is C28H26F3NO3S. The van der Waals surface area contributed by atoms with Gasteiger partial charge in [0.15, 0.2) is 11.6 Å². The van der Waals surface area contributed by atoms with Crippen molar-refractivity contribution >= 4 is 23.1 Å². The highest BCUT2D eigenvalue weighted by Crippen LogP contribution is 2.50. The molecule has 4 nitrogen and oxygen atoms in total. The zero-order valence-corrected chi connectivity index (χ0v) is 20.2. The highest BCUT2D eigenvalue weighted by atomic mass is 32.1. The molecule has 1 saturated carbocycles. The van der Waals surface area contributed by atoms with Crippen LogP contribution in [-0.4, -0.2) is 28.7 Å². The average molecular weight is 514 g/mol. The number of halogens is 3. The van der Waals surface area contributed by atoms with Crippen LogP contribution in [0.4, 0.5) is 13.2 Å². The summed E-state index contributed by atoms with van der Waals surface area (Å²) in [6, 6.07) is 18.5. The Morgan fingerprint density at radius 3 is 2.42 bits per heavy atom. The van der Waals surface area contributed by atoms with Crippen molar-refractivity contribution < 1.29 is 27.8 Å². The molecule has 0 unspecified atom stereocenters. The number of ether oxygens (including phenoxy) is 1. The van der Waals surface area contributed by atoms with Crippen molar-refractivity contribution in [3.63, 3.8) is 0 Å². The lowest BCUT2D eigenvalue weighted by atomic mass is 9.69. The first-order valence-corrected chi connectivity index (χ1v) is 12.0. The van der Waals surface area contributed by atoms with Crippen LogP contribution in [0.3, 0.4) is 0 Å². The number of amides is 1. The Labute approximate surface area is 213 Å². The number of aliphatic hydroxyl groups is 1. The zero-order valence-electron chi connectivity index (χ0n) is 19.4. The summed E-state index contributed by atoms with van der Waals surface area (Å²) in [5.74, 6) is -3.11. The third-order valence-electron chi connectivity index (χ3n) is 6.79. The van der Waals surface area contributed by atoms with Crippen molar-refractivity contribution in [1.29, 1.82) is 0 Å². The van der Waals surface area contributed by atoms with Crippen LogP contribution in [0.1, 0.15) is 40.7 Å². The lowest BCUT2D eigenvalue weighted by Gasteiger charge is -2.36. The van der Waals surface area contributed by atoms with E-state index in [0.717, 1.165) is 12.1 Å². The normalized spacial score (nSPS) is 21.3. The second-order valence-electron chi connectivity index (χ2n) is 9.06. The number of hydrogen-bond donors (Lipinski definition) is 2. The van der Waals surface area contributed by atoms with Gasteiger partial charge in [-0.15, -0.1) is 0 Å². The van der Waals surface area contributed by atoms with Crippen molar-refractivity contribution in [2.45, 2.75) is 37.4 Å². The predicted octanol–water partition coefficient (Wildman–Crippen LogP) is 5.48. The molecule has 1 amide bonds. The molecule has 0 aromatic heterocycles. The average Bonchev–Trinajstić information content (AvgIpc) is 3.23. The first-order valence-electron chi connectivity index (χ1n) is 11.6. The van der Waals surface area contributed by atoms with E-state index in [1.807, 2.05) is 0 Å². The maximum atomic E-state index is 15.1. The van der Waals surface area contributed by atoms with E-state index in [1.54, 1.807) is 48.5 Å². The molecular weight excluding hydrogens is 487 g/mol. The molecule has 1 aliphatic carbocycles. The van der Waals surface area contributed by atoms with Crippen molar-refractivity contribution in [1.82, 2.24) is 5.32 Å². The quantitative estimate of drug-likeness (QED) is 0.392. The fourth-order valence-electron chi connectivity index (χ4n) is 5.04. The summed E-state index contributed by atoms with van der Waals surface area (Å²) in [6.45, 7) is -0.211. The predicted molar refractivity (Wildman–Crippen MR) is 134 cm³/mol. The van der Waals surface area contributed by atoms with Gasteiger partial charge in [0, 0.05) is 24.0 Å². The van der Waals surface area contributed by atoms with Gasteiger partial charge in [-0.1, -0.05) is 54.7 Å². The Hall–Kier alpha value is -3.07. The topological polar surface area (TPSA) is 58.6 Å². The van der Waals surface area contributed by atoms with Gasteiger partial charge in [-0.25, -0.2) is 13.2 Å². The van der Waals surface area contributed by atoms with Crippen LogP contribution in [0.25, 0.3) is 0 Å². The lowest BCUT2D eigenvalue weighted by Crippen LogP contribution is -2.41. The fourth-order valence-corrected chi connectivity index (χ4v) is 5.39. The number of carbonyl (C=O) groups is 1. The van der Waals surface area contributed by atoms with Crippen molar-refractivity contribution in [3.05, 3.63) is 107 Å². The van der Waals surface area contributed by atoms with Crippen LogP contribution < -0.4 is 5.32 Å². The van der Waals surface area contributed by atoms with Gasteiger partial charge in [-0.05, 0) is 60.2 Å². The van der Waals surface area contributed by atoms with E-state index in [2.05, 4.69) is 5.32 Å². The number of hydrogen-bond acceptors (Lipinski definition) is 4. The minimum atomic E-state index is -0.962. The summed E-state index contributed by atoms with van der Waals surface area (Å²) in [5, 5.41) is 13.0. The molecule has 0 saturated heterocycles. The molecule has 3 aromatic rings. The molecule has 36 heavy (non-hydrogen) atoms. The fraction of sp³-hybridized carbons (Fsp3) is 0.286. The van der Waals surface area contributed by atoms with Crippen LogP contribution >= 0.6 is 12.2 Å². The van der Waals surface area contributed by atoms with Gasteiger partial charge in [-0.2, -0.15) is 0 Å². The second-order valence-corrected chi connectivity index (χ2v) is 9.55. The largest absolute Gasteiger partial charge is 0.396 e. The Morgan fingerprint density at radius 2 is 1.72 bits per heavy atom. The first kappa shape index (κ1) is 26.0. The van der Waals surface area contributed by atoms with E-state index in [4.69, 9.17) is 17.0 Å². The summed E-state index contributed by atoms with van der Waals surface area (Å²) >= 11 is 5.54. The number of rotatable bonds is 8. The molecule has 8 heteroatoms. The molecule has 2 N–H and O–H groups in total. The number of thiocarbonyl (C=S) groups is 1. The monoisotopic (exact) mass is 513 g/mol. The Balaban J connectivity index is 1.56. The molecule has 188 valence electrons. The van der Waals surface area contributed by atoms with E-state index in [-0.39, 0.29) is 30.5 Å². The number of carbonyl (C=O) groups excluding carboxylic acids is 1. The number of aliphatic hydroxyl groups excluding tert-OH is 1. The van der Waals surface area contributed by atoms with Gasteiger partial charge in [0.1, 0.15) is 5.82 Å². The van der Waals surface area contributed by atoms with Crippen LogP contribution in [0.15, 0.2) is 72.8 Å². The van der Waals surface area contributed by atoms with Gasteiger partial charge in [0.05, 0.1) is 17.7 Å². The van der Waals surface area contributed by atoms with Crippen LogP contribution in [0.5, 0.6) is 0 Å². The minimum absolute atomic E-state index is 0.0303. The van der Waals surface area contributed by atoms with Gasteiger partial charge in [0.25, 0.3) is 5.91 Å². The van der Waals surface area contributed by atoms with Gasteiger partial charge >= 0.3 is 0 Å².